The fourth-order valence-electron chi connectivity index (χ4n) is 1.79. The van der Waals surface area contributed by atoms with Crippen molar-refractivity contribution in [3.05, 3.63) is 29.8 Å². The van der Waals surface area contributed by atoms with Gasteiger partial charge in [-0.2, -0.15) is 0 Å². The first kappa shape index (κ1) is 15.1. The highest BCUT2D eigenvalue weighted by atomic mass is 32.2. The van der Waals surface area contributed by atoms with Crippen LogP contribution in [0.1, 0.15) is 25.8 Å². The van der Waals surface area contributed by atoms with Crippen LogP contribution in [-0.2, 0) is 11.3 Å². The first-order valence-corrected chi connectivity index (χ1v) is 7.43. The van der Waals surface area contributed by atoms with E-state index in [4.69, 9.17) is 5.73 Å². The molecule has 0 aliphatic rings. The molecule has 0 fully saturated rings. The highest BCUT2D eigenvalue weighted by Crippen LogP contribution is 2.18. The van der Waals surface area contributed by atoms with E-state index in [-0.39, 0.29) is 11.9 Å². The van der Waals surface area contributed by atoms with E-state index in [2.05, 4.69) is 24.5 Å². The van der Waals surface area contributed by atoms with E-state index in [9.17, 15) is 4.79 Å². The maximum absolute atomic E-state index is 12.0. The van der Waals surface area contributed by atoms with E-state index >= 15 is 0 Å². The molecular weight excluding hydrogens is 244 g/mol. The summed E-state index contributed by atoms with van der Waals surface area (Å²) in [6.45, 7) is 5.14. The second kappa shape index (κ2) is 7.44. The molecule has 0 aliphatic carbocycles. The summed E-state index contributed by atoms with van der Waals surface area (Å²) < 4.78 is 0. The minimum atomic E-state index is 0.127. The number of nitrogens with zero attached hydrogens (tertiary/aromatic N) is 1. The Bertz CT molecular complexity index is 393. The topological polar surface area (TPSA) is 46.3 Å². The average Bonchev–Trinajstić information content (AvgIpc) is 2.36. The van der Waals surface area contributed by atoms with Crippen molar-refractivity contribution in [1.82, 2.24) is 4.90 Å². The number of carbonyl (C=O) groups excluding carboxylic acids is 1. The largest absolute Gasteiger partial charge is 0.336 e. The number of hydrogen-bond acceptors (Lipinski definition) is 3. The van der Waals surface area contributed by atoms with E-state index in [1.54, 1.807) is 11.8 Å². The SMILES string of the molecule is CSc1cccc(CN(C(=O)CCN)C(C)C)c1. The summed E-state index contributed by atoms with van der Waals surface area (Å²) >= 11 is 1.71. The van der Waals surface area contributed by atoms with Gasteiger partial charge in [-0.05, 0) is 37.8 Å². The Balaban J connectivity index is 2.79. The molecular formula is C14H22N2OS. The Morgan fingerprint density at radius 1 is 1.44 bits per heavy atom. The Labute approximate surface area is 114 Å². The average molecular weight is 266 g/mol. The smallest absolute Gasteiger partial charge is 0.224 e. The highest BCUT2D eigenvalue weighted by Gasteiger charge is 2.16. The van der Waals surface area contributed by atoms with Crippen molar-refractivity contribution in [2.24, 2.45) is 5.73 Å². The lowest BCUT2D eigenvalue weighted by molar-refractivity contribution is -0.133. The third-order valence-electron chi connectivity index (χ3n) is 2.79. The molecule has 0 spiro atoms. The van der Waals surface area contributed by atoms with Crippen LogP contribution in [0, 0.1) is 0 Å². The molecule has 1 aromatic rings. The summed E-state index contributed by atoms with van der Waals surface area (Å²) in [6.07, 6.45) is 2.47. The van der Waals surface area contributed by atoms with Gasteiger partial charge in [0.2, 0.25) is 5.91 Å². The Hall–Kier alpha value is -1.00. The molecule has 0 atom stereocenters. The van der Waals surface area contributed by atoms with Crippen molar-refractivity contribution < 1.29 is 4.79 Å². The number of benzene rings is 1. The molecule has 0 aromatic heterocycles. The van der Waals surface area contributed by atoms with Gasteiger partial charge in [-0.3, -0.25) is 4.79 Å². The van der Waals surface area contributed by atoms with E-state index in [1.807, 2.05) is 24.8 Å². The summed E-state index contributed by atoms with van der Waals surface area (Å²) in [5.74, 6) is 0.127. The van der Waals surface area contributed by atoms with Crippen molar-refractivity contribution in [1.29, 1.82) is 0 Å². The van der Waals surface area contributed by atoms with Gasteiger partial charge in [0.25, 0.3) is 0 Å². The lowest BCUT2D eigenvalue weighted by Gasteiger charge is -2.27. The minimum Gasteiger partial charge on any atom is -0.336 e. The van der Waals surface area contributed by atoms with Gasteiger partial charge >= 0.3 is 0 Å². The van der Waals surface area contributed by atoms with Crippen LogP contribution in [0.25, 0.3) is 0 Å². The summed E-state index contributed by atoms with van der Waals surface area (Å²) in [6, 6.07) is 8.51. The predicted octanol–water partition coefficient (Wildman–Crippen LogP) is 2.49. The molecule has 1 aromatic carbocycles. The zero-order chi connectivity index (χ0) is 13.5. The van der Waals surface area contributed by atoms with Gasteiger partial charge in [0, 0.05) is 30.4 Å². The van der Waals surface area contributed by atoms with Gasteiger partial charge in [-0.1, -0.05) is 12.1 Å². The van der Waals surface area contributed by atoms with Gasteiger partial charge in [-0.25, -0.2) is 0 Å². The van der Waals surface area contributed by atoms with Crippen LogP contribution in [0.2, 0.25) is 0 Å². The Kier molecular flexibility index (Phi) is 6.22. The molecule has 4 heteroatoms. The number of nitrogens with two attached hydrogens (primary N) is 1. The molecule has 0 bridgehead atoms. The molecule has 18 heavy (non-hydrogen) atoms. The molecule has 100 valence electrons. The molecule has 0 aliphatic heterocycles. The van der Waals surface area contributed by atoms with Crippen LogP contribution >= 0.6 is 11.8 Å². The number of rotatable bonds is 6. The Morgan fingerprint density at radius 3 is 2.72 bits per heavy atom. The maximum Gasteiger partial charge on any atom is 0.224 e. The summed E-state index contributed by atoms with van der Waals surface area (Å²) in [5.41, 5.74) is 6.62. The highest BCUT2D eigenvalue weighted by molar-refractivity contribution is 7.98. The number of carbonyl (C=O) groups is 1. The summed E-state index contributed by atoms with van der Waals surface area (Å²) in [5, 5.41) is 0. The molecule has 0 saturated heterocycles. The molecule has 3 nitrogen and oxygen atoms in total. The number of amides is 1. The second-order valence-corrected chi connectivity index (χ2v) is 5.39. The van der Waals surface area contributed by atoms with Crippen LogP contribution in [0.5, 0.6) is 0 Å². The van der Waals surface area contributed by atoms with Crippen molar-refractivity contribution >= 4 is 17.7 Å². The number of hydrogen-bond donors (Lipinski definition) is 1. The van der Waals surface area contributed by atoms with Crippen LogP contribution < -0.4 is 5.73 Å². The molecule has 2 N–H and O–H groups in total. The fraction of sp³-hybridized carbons (Fsp3) is 0.500. The fourth-order valence-corrected chi connectivity index (χ4v) is 2.28. The molecule has 0 radical (unpaired) electrons. The van der Waals surface area contributed by atoms with Crippen LogP contribution in [-0.4, -0.2) is 29.6 Å². The van der Waals surface area contributed by atoms with Crippen LogP contribution in [0.3, 0.4) is 0 Å². The third-order valence-corrected chi connectivity index (χ3v) is 3.51. The minimum absolute atomic E-state index is 0.127. The molecule has 0 heterocycles. The van der Waals surface area contributed by atoms with Gasteiger partial charge < -0.3 is 10.6 Å². The summed E-state index contributed by atoms with van der Waals surface area (Å²) in [7, 11) is 0. The van der Waals surface area contributed by atoms with Crippen molar-refractivity contribution in [3.8, 4) is 0 Å². The van der Waals surface area contributed by atoms with Gasteiger partial charge in [-0.15, -0.1) is 11.8 Å². The Morgan fingerprint density at radius 2 is 2.17 bits per heavy atom. The molecule has 1 rings (SSSR count). The lowest BCUT2D eigenvalue weighted by atomic mass is 10.1. The third kappa shape index (κ3) is 4.35. The van der Waals surface area contributed by atoms with E-state index in [1.165, 1.54) is 10.5 Å². The van der Waals surface area contributed by atoms with E-state index in [0.717, 1.165) is 0 Å². The zero-order valence-electron chi connectivity index (χ0n) is 11.3. The monoisotopic (exact) mass is 266 g/mol. The molecule has 0 saturated carbocycles. The van der Waals surface area contributed by atoms with E-state index < -0.39 is 0 Å². The van der Waals surface area contributed by atoms with Crippen molar-refractivity contribution in [2.75, 3.05) is 12.8 Å². The van der Waals surface area contributed by atoms with E-state index in [0.29, 0.717) is 19.5 Å². The van der Waals surface area contributed by atoms with Gasteiger partial charge in [0.1, 0.15) is 0 Å². The van der Waals surface area contributed by atoms with Gasteiger partial charge in [0.15, 0.2) is 0 Å². The van der Waals surface area contributed by atoms with Crippen molar-refractivity contribution in [2.45, 2.75) is 37.8 Å². The number of thioether (sulfide) groups is 1. The maximum atomic E-state index is 12.0. The standard InChI is InChI=1S/C14H22N2OS/c1-11(2)16(14(17)7-8-15)10-12-5-4-6-13(9-12)18-3/h4-6,9,11H,7-8,10,15H2,1-3H3. The van der Waals surface area contributed by atoms with Gasteiger partial charge in [0.05, 0.1) is 0 Å². The van der Waals surface area contributed by atoms with Crippen LogP contribution in [0.15, 0.2) is 29.2 Å². The quantitative estimate of drug-likeness (QED) is 0.805. The normalized spacial score (nSPS) is 10.7. The summed E-state index contributed by atoms with van der Waals surface area (Å²) in [4.78, 5) is 15.1. The lowest BCUT2D eigenvalue weighted by Crippen LogP contribution is -2.37. The predicted molar refractivity (Wildman–Crippen MR) is 77.6 cm³/mol. The first-order chi connectivity index (χ1) is 8.58. The van der Waals surface area contributed by atoms with Crippen molar-refractivity contribution in [3.63, 3.8) is 0 Å². The first-order valence-electron chi connectivity index (χ1n) is 6.21. The zero-order valence-corrected chi connectivity index (χ0v) is 12.2. The molecule has 1 amide bonds. The molecule has 0 unspecified atom stereocenters. The second-order valence-electron chi connectivity index (χ2n) is 4.51. The van der Waals surface area contributed by atoms with Crippen LogP contribution in [0.4, 0.5) is 0 Å².